The maximum atomic E-state index is 12.2. The molecule has 116 valence electrons. The molecule has 0 radical (unpaired) electrons. The van der Waals surface area contributed by atoms with Crippen molar-refractivity contribution >= 4 is 11.6 Å². The van der Waals surface area contributed by atoms with Crippen molar-refractivity contribution in [2.75, 3.05) is 5.32 Å². The Kier molecular flexibility index (Phi) is 5.17. The van der Waals surface area contributed by atoms with Gasteiger partial charge in [-0.15, -0.1) is 0 Å². The second-order valence-corrected chi connectivity index (χ2v) is 5.37. The maximum Gasteiger partial charge on any atom is 0.265 e. The van der Waals surface area contributed by atoms with Gasteiger partial charge in [-0.2, -0.15) is 0 Å². The van der Waals surface area contributed by atoms with Crippen LogP contribution in [0.15, 0.2) is 42.5 Å². The van der Waals surface area contributed by atoms with Crippen LogP contribution in [0.2, 0.25) is 0 Å². The van der Waals surface area contributed by atoms with Gasteiger partial charge in [0.1, 0.15) is 5.75 Å². The van der Waals surface area contributed by atoms with Gasteiger partial charge in [0.05, 0.1) is 6.61 Å². The first-order chi connectivity index (χ1) is 10.5. The monoisotopic (exact) mass is 299 g/mol. The lowest BCUT2D eigenvalue weighted by molar-refractivity contribution is -0.122. The van der Waals surface area contributed by atoms with E-state index < -0.39 is 6.10 Å². The number of aliphatic hydroxyl groups is 1. The molecule has 0 saturated heterocycles. The number of anilines is 1. The molecule has 1 unspecified atom stereocenters. The SMILES string of the molecule is Cc1ccc(C)c(NC(=O)C(C)Oc2cccc(CO)c2)c1. The molecule has 2 N–H and O–H groups in total. The third kappa shape index (κ3) is 4.09. The molecule has 2 rings (SSSR count). The largest absolute Gasteiger partial charge is 0.481 e. The van der Waals surface area contributed by atoms with E-state index in [1.165, 1.54) is 0 Å². The van der Waals surface area contributed by atoms with Crippen LogP contribution in [0.25, 0.3) is 0 Å². The number of benzene rings is 2. The molecule has 2 aromatic carbocycles. The number of nitrogens with one attached hydrogen (secondary N) is 1. The first-order valence-electron chi connectivity index (χ1n) is 7.24. The van der Waals surface area contributed by atoms with Crippen molar-refractivity contribution in [3.8, 4) is 5.75 Å². The van der Waals surface area contributed by atoms with Gasteiger partial charge in [-0.1, -0.05) is 24.3 Å². The molecule has 22 heavy (non-hydrogen) atoms. The second-order valence-electron chi connectivity index (χ2n) is 5.37. The predicted molar refractivity (Wildman–Crippen MR) is 87.0 cm³/mol. The average Bonchev–Trinajstić information content (AvgIpc) is 2.51. The molecule has 2 aromatic rings. The highest BCUT2D eigenvalue weighted by atomic mass is 16.5. The summed E-state index contributed by atoms with van der Waals surface area (Å²) in [7, 11) is 0. The minimum atomic E-state index is -0.631. The second kappa shape index (κ2) is 7.09. The molecule has 1 amide bonds. The number of carbonyl (C=O) groups is 1. The van der Waals surface area contributed by atoms with Gasteiger partial charge < -0.3 is 15.2 Å². The quantitative estimate of drug-likeness (QED) is 0.891. The van der Waals surface area contributed by atoms with Crippen LogP contribution in [0, 0.1) is 13.8 Å². The first-order valence-corrected chi connectivity index (χ1v) is 7.24. The standard InChI is InChI=1S/C18H21NO3/c1-12-7-8-13(2)17(9-12)19-18(21)14(3)22-16-6-4-5-15(10-16)11-20/h4-10,14,20H,11H2,1-3H3,(H,19,21). The van der Waals surface area contributed by atoms with E-state index in [1.54, 1.807) is 31.2 Å². The van der Waals surface area contributed by atoms with Gasteiger partial charge in [0.15, 0.2) is 6.10 Å². The Hall–Kier alpha value is -2.33. The molecule has 0 aliphatic carbocycles. The molecule has 0 aliphatic rings. The van der Waals surface area contributed by atoms with E-state index >= 15 is 0 Å². The minimum Gasteiger partial charge on any atom is -0.481 e. The fourth-order valence-electron chi connectivity index (χ4n) is 2.08. The lowest BCUT2D eigenvalue weighted by Crippen LogP contribution is -2.30. The summed E-state index contributed by atoms with van der Waals surface area (Å²) >= 11 is 0. The highest BCUT2D eigenvalue weighted by molar-refractivity contribution is 5.94. The molecule has 0 saturated carbocycles. The number of hydrogen-bond acceptors (Lipinski definition) is 3. The Morgan fingerprint density at radius 3 is 2.73 bits per heavy atom. The van der Waals surface area contributed by atoms with Crippen LogP contribution in [0.4, 0.5) is 5.69 Å². The Balaban J connectivity index is 2.04. The van der Waals surface area contributed by atoms with Gasteiger partial charge in [-0.25, -0.2) is 0 Å². The summed E-state index contributed by atoms with van der Waals surface area (Å²) in [6.45, 7) is 5.58. The van der Waals surface area contributed by atoms with Crippen LogP contribution in [-0.4, -0.2) is 17.1 Å². The van der Waals surface area contributed by atoms with E-state index in [2.05, 4.69) is 5.32 Å². The molecule has 0 aliphatic heterocycles. The minimum absolute atomic E-state index is 0.0553. The molecule has 0 heterocycles. The molecule has 4 nitrogen and oxygen atoms in total. The maximum absolute atomic E-state index is 12.2. The van der Waals surface area contributed by atoms with Crippen molar-refractivity contribution in [1.29, 1.82) is 0 Å². The van der Waals surface area contributed by atoms with Gasteiger partial charge in [0.2, 0.25) is 0 Å². The third-order valence-corrected chi connectivity index (χ3v) is 3.41. The highest BCUT2D eigenvalue weighted by Crippen LogP contribution is 2.18. The Bertz CT molecular complexity index is 667. The zero-order chi connectivity index (χ0) is 16.1. The van der Waals surface area contributed by atoms with Gasteiger partial charge in [-0.05, 0) is 55.7 Å². The van der Waals surface area contributed by atoms with E-state index in [0.29, 0.717) is 5.75 Å². The third-order valence-electron chi connectivity index (χ3n) is 3.41. The van der Waals surface area contributed by atoms with E-state index in [0.717, 1.165) is 22.4 Å². The van der Waals surface area contributed by atoms with Gasteiger partial charge in [-0.3, -0.25) is 4.79 Å². The molecule has 4 heteroatoms. The van der Waals surface area contributed by atoms with Crippen LogP contribution in [-0.2, 0) is 11.4 Å². The van der Waals surface area contributed by atoms with E-state index in [9.17, 15) is 4.79 Å². The fourth-order valence-corrected chi connectivity index (χ4v) is 2.08. The summed E-state index contributed by atoms with van der Waals surface area (Å²) in [4.78, 5) is 12.2. The van der Waals surface area contributed by atoms with E-state index in [1.807, 2.05) is 32.0 Å². The average molecular weight is 299 g/mol. The van der Waals surface area contributed by atoms with Crippen LogP contribution >= 0.6 is 0 Å². The number of aliphatic hydroxyl groups excluding tert-OH is 1. The summed E-state index contributed by atoms with van der Waals surface area (Å²) in [5.41, 5.74) is 3.64. The normalized spacial score (nSPS) is 11.8. The topological polar surface area (TPSA) is 58.6 Å². The summed E-state index contributed by atoms with van der Waals surface area (Å²) in [6.07, 6.45) is -0.631. The predicted octanol–water partition coefficient (Wildman–Crippen LogP) is 3.20. The molecular formula is C18H21NO3. The summed E-state index contributed by atoms with van der Waals surface area (Å²) in [6, 6.07) is 13.0. The number of hydrogen-bond donors (Lipinski definition) is 2. The summed E-state index contributed by atoms with van der Waals surface area (Å²) in [5, 5.41) is 12.0. The fraction of sp³-hybridized carbons (Fsp3) is 0.278. The number of aryl methyl sites for hydroxylation is 2. The van der Waals surface area contributed by atoms with Crippen molar-refractivity contribution in [3.05, 3.63) is 59.2 Å². The lowest BCUT2D eigenvalue weighted by atomic mass is 10.1. The molecule has 0 spiro atoms. The smallest absolute Gasteiger partial charge is 0.265 e. The van der Waals surface area contributed by atoms with Gasteiger partial charge in [0, 0.05) is 5.69 Å². The number of carbonyl (C=O) groups excluding carboxylic acids is 1. The summed E-state index contributed by atoms with van der Waals surface area (Å²) < 4.78 is 5.64. The Morgan fingerprint density at radius 1 is 1.23 bits per heavy atom. The summed E-state index contributed by atoms with van der Waals surface area (Å²) in [5.74, 6) is 0.360. The van der Waals surface area contributed by atoms with Crippen LogP contribution in [0.3, 0.4) is 0 Å². The zero-order valence-electron chi connectivity index (χ0n) is 13.1. The molecule has 0 bridgehead atoms. The molecule has 0 fully saturated rings. The zero-order valence-corrected chi connectivity index (χ0v) is 13.1. The molecule has 0 aromatic heterocycles. The molecular weight excluding hydrogens is 278 g/mol. The van der Waals surface area contributed by atoms with Crippen molar-refractivity contribution in [2.45, 2.75) is 33.5 Å². The number of amides is 1. The van der Waals surface area contributed by atoms with Crippen LogP contribution < -0.4 is 10.1 Å². The van der Waals surface area contributed by atoms with Crippen molar-refractivity contribution in [1.82, 2.24) is 0 Å². The lowest BCUT2D eigenvalue weighted by Gasteiger charge is -2.16. The Labute approximate surface area is 130 Å². The van der Waals surface area contributed by atoms with Crippen molar-refractivity contribution in [2.24, 2.45) is 0 Å². The van der Waals surface area contributed by atoms with Crippen LogP contribution in [0.1, 0.15) is 23.6 Å². The van der Waals surface area contributed by atoms with E-state index in [-0.39, 0.29) is 12.5 Å². The van der Waals surface area contributed by atoms with Crippen molar-refractivity contribution < 1.29 is 14.6 Å². The number of rotatable bonds is 5. The Morgan fingerprint density at radius 2 is 2.00 bits per heavy atom. The van der Waals surface area contributed by atoms with Crippen molar-refractivity contribution in [3.63, 3.8) is 0 Å². The highest BCUT2D eigenvalue weighted by Gasteiger charge is 2.16. The first kappa shape index (κ1) is 16.0. The number of ether oxygens (including phenoxy) is 1. The van der Waals surface area contributed by atoms with Crippen LogP contribution in [0.5, 0.6) is 5.75 Å². The van der Waals surface area contributed by atoms with E-state index in [4.69, 9.17) is 9.84 Å². The van der Waals surface area contributed by atoms with Gasteiger partial charge in [0.25, 0.3) is 5.91 Å². The molecule has 1 atom stereocenters. The van der Waals surface area contributed by atoms with Gasteiger partial charge >= 0.3 is 0 Å².